The SMILES string of the molecule is C/C(=C\c1cc(Br)c(Br)c(Br)c1Br)C(=O)[O-]. The molecule has 0 atom stereocenters. The summed E-state index contributed by atoms with van der Waals surface area (Å²) in [6.07, 6.45) is 1.54. The molecule has 16 heavy (non-hydrogen) atoms. The van der Waals surface area contributed by atoms with Crippen LogP contribution in [-0.2, 0) is 4.79 Å². The summed E-state index contributed by atoms with van der Waals surface area (Å²) in [4.78, 5) is 10.6. The Morgan fingerprint density at radius 1 is 1.19 bits per heavy atom. The average molecular weight is 477 g/mol. The van der Waals surface area contributed by atoms with E-state index < -0.39 is 5.97 Å². The third kappa shape index (κ3) is 3.18. The highest BCUT2D eigenvalue weighted by atomic mass is 79.9. The van der Waals surface area contributed by atoms with Crippen molar-refractivity contribution in [3.8, 4) is 0 Å². The minimum absolute atomic E-state index is 0.168. The largest absolute Gasteiger partial charge is 0.545 e. The molecule has 1 rings (SSSR count). The van der Waals surface area contributed by atoms with Gasteiger partial charge in [-0.25, -0.2) is 0 Å². The quantitative estimate of drug-likeness (QED) is 0.369. The first-order valence-electron chi connectivity index (χ1n) is 4.07. The van der Waals surface area contributed by atoms with Gasteiger partial charge in [-0.05, 0) is 93.9 Å². The van der Waals surface area contributed by atoms with Gasteiger partial charge >= 0.3 is 0 Å². The van der Waals surface area contributed by atoms with Crippen molar-refractivity contribution in [2.24, 2.45) is 0 Å². The van der Waals surface area contributed by atoms with Crippen LogP contribution in [0.3, 0.4) is 0 Å². The Balaban J connectivity index is 3.37. The summed E-state index contributed by atoms with van der Waals surface area (Å²) < 4.78 is 3.30. The number of rotatable bonds is 2. The third-order valence-electron chi connectivity index (χ3n) is 1.82. The molecule has 0 N–H and O–H groups in total. The molecular weight excluding hydrogens is 472 g/mol. The van der Waals surface area contributed by atoms with Crippen molar-refractivity contribution in [3.05, 3.63) is 35.1 Å². The molecule has 0 fully saturated rings. The normalized spacial score (nSPS) is 11.7. The maximum atomic E-state index is 10.6. The minimum Gasteiger partial charge on any atom is -0.545 e. The van der Waals surface area contributed by atoms with Crippen LogP contribution in [0.15, 0.2) is 29.5 Å². The first kappa shape index (κ1) is 14.4. The topological polar surface area (TPSA) is 40.1 Å². The Morgan fingerprint density at radius 2 is 1.75 bits per heavy atom. The summed E-state index contributed by atoms with van der Waals surface area (Å²) in [5, 5.41) is 10.6. The molecule has 0 aliphatic carbocycles. The molecule has 0 saturated heterocycles. The summed E-state index contributed by atoms with van der Waals surface area (Å²) in [6.45, 7) is 1.49. The van der Waals surface area contributed by atoms with Crippen LogP contribution in [0.5, 0.6) is 0 Å². The minimum atomic E-state index is -1.18. The van der Waals surface area contributed by atoms with E-state index in [1.54, 1.807) is 6.08 Å². The Hall–Kier alpha value is 0.350. The highest BCUT2D eigenvalue weighted by molar-refractivity contribution is 9.15. The van der Waals surface area contributed by atoms with E-state index in [1.807, 2.05) is 6.07 Å². The number of carbonyl (C=O) groups is 1. The molecule has 6 heteroatoms. The molecule has 0 spiro atoms. The number of carbonyl (C=O) groups excluding carboxylic acids is 1. The van der Waals surface area contributed by atoms with Crippen molar-refractivity contribution in [2.75, 3.05) is 0 Å². The molecule has 0 aliphatic rings. The highest BCUT2D eigenvalue weighted by Gasteiger charge is 2.10. The van der Waals surface area contributed by atoms with Crippen LogP contribution in [0.25, 0.3) is 6.08 Å². The first-order chi connectivity index (χ1) is 7.34. The van der Waals surface area contributed by atoms with E-state index in [-0.39, 0.29) is 5.57 Å². The summed E-state index contributed by atoms with van der Waals surface area (Å²) >= 11 is 13.5. The Kier molecular flexibility index (Phi) is 5.22. The van der Waals surface area contributed by atoms with Crippen LogP contribution in [0, 0.1) is 0 Å². The number of halogens is 4. The zero-order chi connectivity index (χ0) is 12.5. The monoisotopic (exact) mass is 473 g/mol. The fourth-order valence-corrected chi connectivity index (χ4v) is 3.15. The van der Waals surface area contributed by atoms with Gasteiger partial charge in [0.15, 0.2) is 0 Å². The first-order valence-corrected chi connectivity index (χ1v) is 7.24. The summed E-state index contributed by atoms with van der Waals surface area (Å²) in [6, 6.07) is 1.81. The van der Waals surface area contributed by atoms with E-state index in [0.717, 1.165) is 23.5 Å². The molecule has 0 aromatic heterocycles. The molecule has 0 radical (unpaired) electrons. The molecule has 86 valence electrons. The fraction of sp³-hybridized carbons (Fsp3) is 0.100. The Labute approximate surface area is 127 Å². The lowest BCUT2D eigenvalue weighted by Gasteiger charge is -2.08. The number of benzene rings is 1. The molecule has 0 saturated carbocycles. The molecule has 2 nitrogen and oxygen atoms in total. The van der Waals surface area contributed by atoms with Gasteiger partial charge in [0.1, 0.15) is 0 Å². The van der Waals surface area contributed by atoms with Crippen LogP contribution in [-0.4, -0.2) is 5.97 Å². The number of carboxylic acids is 1. The van der Waals surface area contributed by atoms with Crippen molar-refractivity contribution in [2.45, 2.75) is 6.92 Å². The third-order valence-corrected chi connectivity index (χ3v) is 6.52. The molecule has 0 aliphatic heterocycles. The van der Waals surface area contributed by atoms with E-state index in [9.17, 15) is 9.90 Å². The van der Waals surface area contributed by atoms with Crippen LogP contribution in [0.2, 0.25) is 0 Å². The number of hydrogen-bond donors (Lipinski definition) is 0. The standard InChI is InChI=1S/C10H6Br4O2/c1-4(10(15)16)2-5-3-6(11)8(13)9(14)7(5)12/h2-3H,1H3,(H,15,16)/p-1/b4-2+. The fourth-order valence-electron chi connectivity index (χ4n) is 0.988. The van der Waals surface area contributed by atoms with Crippen molar-refractivity contribution < 1.29 is 9.90 Å². The van der Waals surface area contributed by atoms with E-state index in [0.29, 0.717) is 0 Å². The summed E-state index contributed by atoms with van der Waals surface area (Å²) in [5.74, 6) is -1.18. The summed E-state index contributed by atoms with van der Waals surface area (Å²) in [7, 11) is 0. The second kappa shape index (κ2) is 5.80. The predicted molar refractivity (Wildman–Crippen MR) is 75.9 cm³/mol. The van der Waals surface area contributed by atoms with Crippen LogP contribution in [0.1, 0.15) is 12.5 Å². The molecule has 1 aromatic carbocycles. The molecular formula is C10H5Br4O2-. The van der Waals surface area contributed by atoms with Crippen molar-refractivity contribution in [1.82, 2.24) is 0 Å². The van der Waals surface area contributed by atoms with Gasteiger partial charge in [0, 0.05) is 17.9 Å². The number of carboxylic acid groups (broad SMARTS) is 1. The lowest BCUT2D eigenvalue weighted by molar-refractivity contribution is -0.299. The average Bonchev–Trinajstić information content (AvgIpc) is 2.22. The van der Waals surface area contributed by atoms with Gasteiger partial charge in [0.2, 0.25) is 0 Å². The predicted octanol–water partition coefficient (Wildman–Crippen LogP) is 3.89. The van der Waals surface area contributed by atoms with E-state index in [2.05, 4.69) is 63.7 Å². The number of hydrogen-bond acceptors (Lipinski definition) is 2. The van der Waals surface area contributed by atoms with Crippen molar-refractivity contribution in [1.29, 1.82) is 0 Å². The molecule has 1 aromatic rings. The van der Waals surface area contributed by atoms with E-state index in [4.69, 9.17) is 0 Å². The van der Waals surface area contributed by atoms with Gasteiger partial charge in [0.25, 0.3) is 0 Å². The van der Waals surface area contributed by atoms with E-state index in [1.165, 1.54) is 6.92 Å². The van der Waals surface area contributed by atoms with Gasteiger partial charge in [-0.2, -0.15) is 0 Å². The van der Waals surface area contributed by atoms with E-state index >= 15 is 0 Å². The van der Waals surface area contributed by atoms with Crippen LogP contribution < -0.4 is 5.11 Å². The maximum absolute atomic E-state index is 10.6. The Morgan fingerprint density at radius 3 is 2.25 bits per heavy atom. The van der Waals surface area contributed by atoms with Crippen molar-refractivity contribution in [3.63, 3.8) is 0 Å². The molecule has 0 unspecified atom stereocenters. The zero-order valence-corrected chi connectivity index (χ0v) is 14.3. The highest BCUT2D eigenvalue weighted by Crippen LogP contribution is 2.39. The van der Waals surface area contributed by atoms with Gasteiger partial charge in [-0.3, -0.25) is 0 Å². The lowest BCUT2D eigenvalue weighted by Crippen LogP contribution is -2.22. The molecule has 0 bridgehead atoms. The van der Waals surface area contributed by atoms with Gasteiger partial charge in [-0.15, -0.1) is 0 Å². The molecule has 0 heterocycles. The smallest absolute Gasteiger partial charge is 0.0672 e. The second-order valence-corrected chi connectivity index (χ2v) is 6.24. The molecule has 0 amide bonds. The summed E-state index contributed by atoms with van der Waals surface area (Å²) in [5.41, 5.74) is 0.922. The second-order valence-electron chi connectivity index (χ2n) is 3.00. The van der Waals surface area contributed by atoms with Crippen molar-refractivity contribution >= 4 is 75.8 Å². The van der Waals surface area contributed by atoms with Gasteiger partial charge < -0.3 is 9.90 Å². The zero-order valence-electron chi connectivity index (χ0n) is 7.98. The van der Waals surface area contributed by atoms with Gasteiger partial charge in [-0.1, -0.05) is 0 Å². The van der Waals surface area contributed by atoms with Crippen LogP contribution in [0.4, 0.5) is 0 Å². The Bertz CT molecular complexity index is 480. The van der Waals surface area contributed by atoms with Crippen LogP contribution >= 0.6 is 63.7 Å². The number of aliphatic carboxylic acids is 1. The maximum Gasteiger partial charge on any atom is 0.0672 e. The lowest BCUT2D eigenvalue weighted by atomic mass is 10.1. The van der Waals surface area contributed by atoms with Gasteiger partial charge in [0.05, 0.1) is 5.97 Å².